The highest BCUT2D eigenvalue weighted by molar-refractivity contribution is 9.09. The van der Waals surface area contributed by atoms with E-state index in [1.807, 2.05) is 24.3 Å². The predicted octanol–water partition coefficient (Wildman–Crippen LogP) is 12.6. The standard InChI is InChI=1S/2C24H32Br2O4/c2*1-27-21-9-7-17(14-23(21)29-3)12-19(6-5-11-25)20(16-26)13-18-8-10-22(28-2)24(15-18)30-4/h2*7-10,14-15,19-20H,5-6,11-13,16H2,1-4H3/t2*19-,20+/m10/s1. The highest BCUT2D eigenvalue weighted by Crippen LogP contribution is 2.36. The van der Waals surface area contributed by atoms with Gasteiger partial charge >= 0.3 is 0 Å². The van der Waals surface area contributed by atoms with E-state index in [0.717, 1.165) is 119 Å². The second-order valence-corrected chi connectivity index (χ2v) is 17.5. The molecule has 0 unspecified atom stereocenters. The number of alkyl halides is 4. The van der Waals surface area contributed by atoms with Crippen LogP contribution in [0.2, 0.25) is 0 Å². The minimum absolute atomic E-state index is 0.496. The zero-order valence-electron chi connectivity index (χ0n) is 36.5. The summed E-state index contributed by atoms with van der Waals surface area (Å²) in [4.78, 5) is 0. The smallest absolute Gasteiger partial charge is 0.160 e. The molecular weight excluding hydrogens is 1020 g/mol. The first-order chi connectivity index (χ1) is 29.2. The van der Waals surface area contributed by atoms with Gasteiger partial charge in [-0.05, 0) is 146 Å². The monoisotopic (exact) mass is 1080 g/mol. The summed E-state index contributed by atoms with van der Waals surface area (Å²) >= 11 is 14.8. The van der Waals surface area contributed by atoms with E-state index in [1.165, 1.54) is 22.3 Å². The number of benzene rings is 4. The van der Waals surface area contributed by atoms with Gasteiger partial charge in [0.1, 0.15) is 0 Å². The van der Waals surface area contributed by atoms with Crippen molar-refractivity contribution in [3.63, 3.8) is 0 Å². The van der Waals surface area contributed by atoms with Crippen molar-refractivity contribution >= 4 is 63.7 Å². The van der Waals surface area contributed by atoms with E-state index in [4.69, 9.17) is 37.9 Å². The molecule has 8 nitrogen and oxygen atoms in total. The Kier molecular flexibility index (Phi) is 24.7. The van der Waals surface area contributed by atoms with Gasteiger partial charge in [-0.3, -0.25) is 0 Å². The molecule has 0 N–H and O–H groups in total. The Morgan fingerprint density at radius 2 is 0.567 bits per heavy atom. The van der Waals surface area contributed by atoms with Crippen LogP contribution in [0.3, 0.4) is 0 Å². The van der Waals surface area contributed by atoms with Gasteiger partial charge in [-0.15, -0.1) is 0 Å². The lowest BCUT2D eigenvalue weighted by Gasteiger charge is -2.27. The summed E-state index contributed by atoms with van der Waals surface area (Å²) in [6.45, 7) is 0. The van der Waals surface area contributed by atoms with Crippen molar-refractivity contribution in [1.29, 1.82) is 0 Å². The summed E-state index contributed by atoms with van der Waals surface area (Å²) in [6, 6.07) is 24.9. The van der Waals surface area contributed by atoms with E-state index in [1.54, 1.807) is 56.9 Å². The SMILES string of the molecule is COc1ccc(C[C@@H](CBr)[C@H](CCCBr)Cc2ccc(OC)c(OC)c2)cc1OC.COc1ccc(C[C@H](CBr)[C@@H](CCCBr)Cc2ccc(OC)c(OC)c2)cc1OC. The predicted molar refractivity (Wildman–Crippen MR) is 261 cm³/mol. The second-order valence-electron chi connectivity index (χ2n) is 14.6. The zero-order chi connectivity index (χ0) is 43.9. The molecule has 60 heavy (non-hydrogen) atoms. The number of ether oxygens (including phenoxy) is 8. The molecule has 4 aromatic rings. The van der Waals surface area contributed by atoms with Crippen molar-refractivity contribution in [3.8, 4) is 46.0 Å². The van der Waals surface area contributed by atoms with Crippen LogP contribution in [0.1, 0.15) is 47.9 Å². The summed E-state index contributed by atoms with van der Waals surface area (Å²) < 4.78 is 43.5. The van der Waals surface area contributed by atoms with E-state index in [0.29, 0.717) is 23.7 Å². The number of hydrogen-bond donors (Lipinski definition) is 0. The lowest BCUT2D eigenvalue weighted by molar-refractivity contribution is 0.331. The Labute approximate surface area is 393 Å². The summed E-state index contributed by atoms with van der Waals surface area (Å²) in [5.74, 6) is 8.23. The van der Waals surface area contributed by atoms with Crippen LogP contribution in [0.25, 0.3) is 0 Å². The summed E-state index contributed by atoms with van der Waals surface area (Å²) in [5, 5.41) is 3.92. The third-order valence-corrected chi connectivity index (χ3v) is 13.7. The molecule has 332 valence electrons. The molecule has 4 atom stereocenters. The van der Waals surface area contributed by atoms with E-state index in [9.17, 15) is 0 Å². The first-order valence-corrected chi connectivity index (χ1v) is 24.8. The summed E-state index contributed by atoms with van der Waals surface area (Å²) in [7, 11) is 13.4. The van der Waals surface area contributed by atoms with E-state index >= 15 is 0 Å². The molecule has 0 aliphatic rings. The van der Waals surface area contributed by atoms with Gasteiger partial charge in [0.05, 0.1) is 56.9 Å². The minimum atomic E-state index is 0.496. The van der Waals surface area contributed by atoms with Crippen LogP contribution in [0.4, 0.5) is 0 Å². The van der Waals surface area contributed by atoms with Gasteiger partial charge < -0.3 is 37.9 Å². The van der Waals surface area contributed by atoms with E-state index in [-0.39, 0.29) is 0 Å². The van der Waals surface area contributed by atoms with Crippen LogP contribution < -0.4 is 37.9 Å². The number of rotatable bonds is 26. The molecule has 4 aromatic carbocycles. The molecule has 4 rings (SSSR count). The molecule has 12 heteroatoms. The van der Waals surface area contributed by atoms with Crippen molar-refractivity contribution in [2.75, 3.05) is 78.2 Å². The third kappa shape index (κ3) is 15.8. The van der Waals surface area contributed by atoms with Crippen LogP contribution in [0, 0.1) is 23.7 Å². The molecule has 0 bridgehead atoms. The molecule has 0 fully saturated rings. The van der Waals surface area contributed by atoms with Gasteiger partial charge in [0.25, 0.3) is 0 Å². The van der Waals surface area contributed by atoms with Gasteiger partial charge in [0.15, 0.2) is 46.0 Å². The second kappa shape index (κ2) is 28.7. The highest BCUT2D eigenvalue weighted by atomic mass is 79.9. The molecule has 0 saturated heterocycles. The van der Waals surface area contributed by atoms with Gasteiger partial charge in [-0.2, -0.15) is 0 Å². The van der Waals surface area contributed by atoms with Crippen molar-refractivity contribution in [2.45, 2.75) is 51.4 Å². The Morgan fingerprint density at radius 1 is 0.333 bits per heavy atom. The molecular formula is C48H64Br4O8. The zero-order valence-corrected chi connectivity index (χ0v) is 42.8. The van der Waals surface area contributed by atoms with Crippen LogP contribution in [-0.4, -0.2) is 78.2 Å². The summed E-state index contributed by atoms with van der Waals surface area (Å²) in [5.41, 5.74) is 5.05. The normalized spacial score (nSPS) is 12.9. The van der Waals surface area contributed by atoms with E-state index < -0.39 is 0 Å². The average molecular weight is 1090 g/mol. The first-order valence-electron chi connectivity index (χ1n) is 20.3. The Hall–Kier alpha value is -2.80. The fourth-order valence-corrected chi connectivity index (χ4v) is 9.79. The Bertz CT molecular complexity index is 1690. The maximum absolute atomic E-state index is 5.50. The number of hydrogen-bond acceptors (Lipinski definition) is 8. The fourth-order valence-electron chi connectivity index (χ4n) is 7.62. The van der Waals surface area contributed by atoms with Gasteiger partial charge in [-0.1, -0.05) is 88.0 Å². The topological polar surface area (TPSA) is 73.8 Å². The highest BCUT2D eigenvalue weighted by Gasteiger charge is 2.24. The maximum atomic E-state index is 5.50. The van der Waals surface area contributed by atoms with Gasteiger partial charge in [-0.25, -0.2) is 0 Å². The molecule has 0 amide bonds. The maximum Gasteiger partial charge on any atom is 0.160 e. The van der Waals surface area contributed by atoms with Crippen molar-refractivity contribution in [1.82, 2.24) is 0 Å². The van der Waals surface area contributed by atoms with Gasteiger partial charge in [0.2, 0.25) is 0 Å². The van der Waals surface area contributed by atoms with Gasteiger partial charge in [0, 0.05) is 21.3 Å². The molecule has 0 spiro atoms. The van der Waals surface area contributed by atoms with Crippen molar-refractivity contribution < 1.29 is 37.9 Å². The van der Waals surface area contributed by atoms with Crippen molar-refractivity contribution in [3.05, 3.63) is 95.1 Å². The first kappa shape index (κ1) is 51.5. The minimum Gasteiger partial charge on any atom is -0.493 e. The van der Waals surface area contributed by atoms with Crippen LogP contribution in [-0.2, 0) is 25.7 Å². The van der Waals surface area contributed by atoms with Crippen molar-refractivity contribution in [2.24, 2.45) is 23.7 Å². The Balaban J connectivity index is 0.000000320. The van der Waals surface area contributed by atoms with E-state index in [2.05, 4.69) is 112 Å². The molecule has 0 aliphatic heterocycles. The van der Waals surface area contributed by atoms with Crippen LogP contribution in [0.5, 0.6) is 46.0 Å². The largest absolute Gasteiger partial charge is 0.493 e. The fraction of sp³-hybridized carbons (Fsp3) is 0.500. The quantitative estimate of drug-likeness (QED) is 0.0576. The third-order valence-electron chi connectivity index (χ3n) is 10.9. The van der Waals surface area contributed by atoms with Crippen LogP contribution in [0.15, 0.2) is 72.8 Å². The lowest BCUT2D eigenvalue weighted by Crippen LogP contribution is -2.21. The average Bonchev–Trinajstić information content (AvgIpc) is 3.29. The molecule has 0 radical (unpaired) electrons. The molecule has 0 saturated carbocycles. The Morgan fingerprint density at radius 3 is 0.767 bits per heavy atom. The lowest BCUT2D eigenvalue weighted by atomic mass is 9.81. The molecule has 0 aromatic heterocycles. The number of halogens is 4. The number of methoxy groups -OCH3 is 8. The summed E-state index contributed by atoms with van der Waals surface area (Å²) in [6.07, 6.45) is 8.55. The molecule has 0 heterocycles. The molecule has 0 aliphatic carbocycles. The van der Waals surface area contributed by atoms with Crippen LogP contribution >= 0.6 is 63.7 Å².